The van der Waals surface area contributed by atoms with Gasteiger partial charge in [-0.15, -0.1) is 0 Å². The lowest BCUT2D eigenvalue weighted by atomic mass is 9.96. The van der Waals surface area contributed by atoms with Gasteiger partial charge in [-0.05, 0) is 37.3 Å². The van der Waals surface area contributed by atoms with Crippen LogP contribution in [-0.4, -0.2) is 16.9 Å². The van der Waals surface area contributed by atoms with Crippen molar-refractivity contribution < 1.29 is 14.7 Å². The third kappa shape index (κ3) is 3.19. The number of carboxylic acids is 1. The Labute approximate surface area is 114 Å². The molecule has 96 valence electrons. The molecule has 18 heavy (non-hydrogen) atoms. The minimum absolute atomic E-state index is 0.104. The fourth-order valence-corrected chi connectivity index (χ4v) is 2.93. The van der Waals surface area contributed by atoms with E-state index in [1.165, 1.54) is 0 Å². The highest BCUT2D eigenvalue weighted by Gasteiger charge is 2.30. The number of carbonyl (C=O) groups is 2. The number of ketones is 1. The molecule has 2 rings (SSSR count). The van der Waals surface area contributed by atoms with Gasteiger partial charge in [-0.25, -0.2) is 0 Å². The summed E-state index contributed by atoms with van der Waals surface area (Å²) in [6, 6.07) is 7.33. The predicted octanol–water partition coefficient (Wildman–Crippen LogP) is 3.52. The van der Waals surface area contributed by atoms with Crippen LogP contribution in [0.4, 0.5) is 0 Å². The van der Waals surface area contributed by atoms with E-state index < -0.39 is 5.97 Å². The van der Waals surface area contributed by atoms with Crippen LogP contribution in [-0.2, 0) is 4.79 Å². The maximum absolute atomic E-state index is 12.1. The Hall–Kier alpha value is -1.16. The Kier molecular flexibility index (Phi) is 4.17. The Bertz CT molecular complexity index is 470. The monoisotopic (exact) mass is 310 g/mol. The number of aliphatic carboxylic acids is 1. The first kappa shape index (κ1) is 13.3. The molecular formula is C14H15BrO3. The van der Waals surface area contributed by atoms with Crippen LogP contribution in [0.2, 0.25) is 0 Å². The van der Waals surface area contributed by atoms with E-state index in [1.54, 1.807) is 6.07 Å². The summed E-state index contributed by atoms with van der Waals surface area (Å²) in [5, 5.41) is 8.93. The van der Waals surface area contributed by atoms with Crippen molar-refractivity contribution >= 4 is 27.7 Å². The van der Waals surface area contributed by atoms with Crippen molar-refractivity contribution in [1.82, 2.24) is 0 Å². The lowest BCUT2D eigenvalue weighted by Crippen LogP contribution is -2.11. The van der Waals surface area contributed by atoms with Crippen LogP contribution in [0.25, 0.3) is 0 Å². The highest BCUT2D eigenvalue weighted by molar-refractivity contribution is 9.10. The van der Waals surface area contributed by atoms with Crippen LogP contribution in [0.3, 0.4) is 0 Å². The molecule has 0 aromatic heterocycles. The van der Waals surface area contributed by atoms with Crippen molar-refractivity contribution in [3.8, 4) is 0 Å². The molecule has 0 unspecified atom stereocenters. The molecule has 1 saturated carbocycles. The molecular weight excluding hydrogens is 296 g/mol. The molecule has 3 nitrogen and oxygen atoms in total. The molecule has 0 spiro atoms. The van der Waals surface area contributed by atoms with E-state index in [1.807, 2.05) is 18.2 Å². The Balaban J connectivity index is 1.95. The van der Waals surface area contributed by atoms with Crippen molar-refractivity contribution in [3.63, 3.8) is 0 Å². The second-order valence-corrected chi connectivity index (χ2v) is 5.77. The summed E-state index contributed by atoms with van der Waals surface area (Å²) in [6.07, 6.45) is 2.64. The van der Waals surface area contributed by atoms with Crippen molar-refractivity contribution in [2.75, 3.05) is 0 Å². The van der Waals surface area contributed by atoms with Gasteiger partial charge < -0.3 is 5.11 Å². The van der Waals surface area contributed by atoms with Crippen LogP contribution < -0.4 is 0 Å². The summed E-state index contributed by atoms with van der Waals surface area (Å²) >= 11 is 3.34. The van der Waals surface area contributed by atoms with Gasteiger partial charge in [0.1, 0.15) is 0 Å². The van der Waals surface area contributed by atoms with Crippen LogP contribution >= 0.6 is 15.9 Å². The van der Waals surface area contributed by atoms with Crippen LogP contribution in [0.15, 0.2) is 28.7 Å². The van der Waals surface area contributed by atoms with Gasteiger partial charge in [-0.3, -0.25) is 9.59 Å². The average Bonchev–Trinajstić information content (AvgIpc) is 2.77. The van der Waals surface area contributed by atoms with E-state index in [2.05, 4.69) is 15.9 Å². The topological polar surface area (TPSA) is 54.4 Å². The molecule has 4 heteroatoms. The SMILES string of the molecule is O=C(C[C@H]1CC[C@@H](C(=O)O)C1)c1cccc(Br)c1. The second-order valence-electron chi connectivity index (χ2n) is 4.85. The third-order valence-electron chi connectivity index (χ3n) is 3.51. The smallest absolute Gasteiger partial charge is 0.306 e. The Morgan fingerprint density at radius 2 is 2.11 bits per heavy atom. The molecule has 1 aliphatic carbocycles. The lowest BCUT2D eigenvalue weighted by molar-refractivity contribution is -0.141. The zero-order valence-corrected chi connectivity index (χ0v) is 11.5. The van der Waals surface area contributed by atoms with E-state index in [0.29, 0.717) is 24.8 Å². The van der Waals surface area contributed by atoms with Gasteiger partial charge >= 0.3 is 5.97 Å². The van der Waals surface area contributed by atoms with Gasteiger partial charge in [0.05, 0.1) is 5.92 Å². The number of hydrogen-bond acceptors (Lipinski definition) is 2. The van der Waals surface area contributed by atoms with Crippen molar-refractivity contribution in [1.29, 1.82) is 0 Å². The standard InChI is InChI=1S/C14H15BrO3/c15-12-3-1-2-10(8-12)13(16)7-9-4-5-11(6-9)14(17)18/h1-3,8-9,11H,4-7H2,(H,17,18)/t9-,11+/m0/s1. The number of benzene rings is 1. The molecule has 2 atom stereocenters. The first-order chi connectivity index (χ1) is 8.56. The molecule has 0 amide bonds. The van der Waals surface area contributed by atoms with E-state index >= 15 is 0 Å². The molecule has 1 aromatic carbocycles. The highest BCUT2D eigenvalue weighted by Crippen LogP contribution is 2.34. The third-order valence-corrected chi connectivity index (χ3v) is 4.00. The van der Waals surface area contributed by atoms with Gasteiger partial charge in [0.15, 0.2) is 5.78 Å². The maximum atomic E-state index is 12.1. The molecule has 1 fully saturated rings. The number of carboxylic acid groups (broad SMARTS) is 1. The number of Topliss-reactive ketones (excluding diaryl/α,β-unsaturated/α-hetero) is 1. The first-order valence-corrected chi connectivity index (χ1v) is 6.87. The van der Waals surface area contributed by atoms with Crippen LogP contribution in [0.1, 0.15) is 36.0 Å². The summed E-state index contributed by atoms with van der Waals surface area (Å²) in [5.41, 5.74) is 0.697. The largest absolute Gasteiger partial charge is 0.481 e. The molecule has 1 aliphatic rings. The molecule has 0 heterocycles. The van der Waals surface area contributed by atoms with Crippen LogP contribution in [0.5, 0.6) is 0 Å². The van der Waals surface area contributed by atoms with E-state index in [9.17, 15) is 9.59 Å². The van der Waals surface area contributed by atoms with E-state index in [-0.39, 0.29) is 17.6 Å². The summed E-state index contributed by atoms with van der Waals surface area (Å²) in [6.45, 7) is 0. The fourth-order valence-electron chi connectivity index (χ4n) is 2.53. The van der Waals surface area contributed by atoms with Crippen molar-refractivity contribution in [3.05, 3.63) is 34.3 Å². The number of rotatable bonds is 4. The molecule has 0 saturated heterocycles. The van der Waals surface area contributed by atoms with Crippen molar-refractivity contribution in [2.45, 2.75) is 25.7 Å². The van der Waals surface area contributed by atoms with E-state index in [0.717, 1.165) is 10.9 Å². The normalized spacial score (nSPS) is 22.9. The average molecular weight is 311 g/mol. The van der Waals surface area contributed by atoms with Crippen LogP contribution in [0, 0.1) is 11.8 Å². The number of carbonyl (C=O) groups excluding carboxylic acids is 1. The summed E-state index contributed by atoms with van der Waals surface area (Å²) in [4.78, 5) is 22.9. The van der Waals surface area contributed by atoms with Crippen molar-refractivity contribution in [2.24, 2.45) is 11.8 Å². The summed E-state index contributed by atoms with van der Waals surface area (Å²) < 4.78 is 0.892. The molecule has 1 aromatic rings. The van der Waals surface area contributed by atoms with Gasteiger partial charge in [0, 0.05) is 16.5 Å². The van der Waals surface area contributed by atoms with Gasteiger partial charge in [-0.2, -0.15) is 0 Å². The first-order valence-electron chi connectivity index (χ1n) is 6.08. The minimum atomic E-state index is -0.729. The van der Waals surface area contributed by atoms with Gasteiger partial charge in [-0.1, -0.05) is 28.1 Å². The zero-order valence-electron chi connectivity index (χ0n) is 9.93. The fraction of sp³-hybridized carbons (Fsp3) is 0.429. The lowest BCUT2D eigenvalue weighted by Gasteiger charge is -2.08. The highest BCUT2D eigenvalue weighted by atomic mass is 79.9. The Morgan fingerprint density at radius 3 is 2.72 bits per heavy atom. The predicted molar refractivity (Wildman–Crippen MR) is 71.6 cm³/mol. The minimum Gasteiger partial charge on any atom is -0.481 e. The Morgan fingerprint density at radius 1 is 1.33 bits per heavy atom. The molecule has 1 N–H and O–H groups in total. The quantitative estimate of drug-likeness (QED) is 0.866. The van der Waals surface area contributed by atoms with Gasteiger partial charge in [0.25, 0.3) is 0 Å². The zero-order chi connectivity index (χ0) is 13.1. The van der Waals surface area contributed by atoms with E-state index in [4.69, 9.17) is 5.11 Å². The molecule has 0 radical (unpaired) electrons. The number of hydrogen-bond donors (Lipinski definition) is 1. The summed E-state index contributed by atoms with van der Waals surface area (Å²) in [7, 11) is 0. The second kappa shape index (κ2) is 5.65. The van der Waals surface area contributed by atoms with Gasteiger partial charge in [0.2, 0.25) is 0 Å². The molecule has 0 bridgehead atoms. The number of halogens is 1. The summed E-state index contributed by atoms with van der Waals surface area (Å²) in [5.74, 6) is -0.664. The maximum Gasteiger partial charge on any atom is 0.306 e. The molecule has 0 aliphatic heterocycles.